The van der Waals surface area contributed by atoms with Crippen molar-refractivity contribution < 1.29 is 13.2 Å². The van der Waals surface area contributed by atoms with Crippen molar-refractivity contribution in [1.29, 1.82) is 0 Å². The molecule has 1 aromatic rings. The Morgan fingerprint density at radius 2 is 1.88 bits per heavy atom. The number of nitrogens with one attached hydrogen (secondary N) is 2. The maximum absolute atomic E-state index is 11.4. The molecular formula is C11H16N2O3S. The molecule has 0 atom stereocenters. The minimum atomic E-state index is -3.22. The lowest BCUT2D eigenvalue weighted by Crippen LogP contribution is -2.29. The van der Waals surface area contributed by atoms with Crippen LogP contribution in [-0.4, -0.2) is 27.1 Å². The smallest absolute Gasteiger partial charge is 0.221 e. The molecule has 0 radical (unpaired) electrons. The van der Waals surface area contributed by atoms with Crippen LogP contribution in [0.25, 0.3) is 0 Å². The molecule has 0 bridgehead atoms. The number of amides is 1. The summed E-state index contributed by atoms with van der Waals surface area (Å²) in [5, 5.41) is 2.71. The minimum Gasteiger partial charge on any atom is -0.352 e. The van der Waals surface area contributed by atoms with E-state index in [1.807, 2.05) is 30.3 Å². The normalized spacial score (nSPS) is 11.1. The van der Waals surface area contributed by atoms with Gasteiger partial charge in [-0.1, -0.05) is 30.3 Å². The van der Waals surface area contributed by atoms with Crippen LogP contribution >= 0.6 is 0 Å². The van der Waals surface area contributed by atoms with Crippen molar-refractivity contribution in [3.05, 3.63) is 35.9 Å². The first-order valence-electron chi connectivity index (χ1n) is 5.22. The summed E-state index contributed by atoms with van der Waals surface area (Å²) < 4.78 is 23.8. The highest BCUT2D eigenvalue weighted by Crippen LogP contribution is 1.97. The van der Waals surface area contributed by atoms with E-state index in [1.165, 1.54) is 0 Å². The monoisotopic (exact) mass is 256 g/mol. The molecule has 1 aromatic carbocycles. The van der Waals surface area contributed by atoms with E-state index in [0.29, 0.717) is 6.54 Å². The van der Waals surface area contributed by atoms with Crippen LogP contribution in [-0.2, 0) is 21.4 Å². The molecule has 0 heterocycles. The lowest BCUT2D eigenvalue weighted by Gasteiger charge is -2.05. The first-order chi connectivity index (χ1) is 7.97. The third kappa shape index (κ3) is 6.70. The molecule has 1 rings (SSSR count). The average Bonchev–Trinajstić information content (AvgIpc) is 2.26. The van der Waals surface area contributed by atoms with Crippen LogP contribution in [0.1, 0.15) is 12.0 Å². The second-order valence-electron chi connectivity index (χ2n) is 3.68. The Bertz CT molecular complexity index is 457. The van der Waals surface area contributed by atoms with Gasteiger partial charge < -0.3 is 5.32 Å². The highest BCUT2D eigenvalue weighted by atomic mass is 32.2. The number of hydrogen-bond donors (Lipinski definition) is 2. The highest BCUT2D eigenvalue weighted by molar-refractivity contribution is 7.88. The summed E-state index contributed by atoms with van der Waals surface area (Å²) in [5.74, 6) is -0.176. The van der Waals surface area contributed by atoms with Crippen molar-refractivity contribution in [3.63, 3.8) is 0 Å². The van der Waals surface area contributed by atoms with Gasteiger partial charge in [0.05, 0.1) is 6.26 Å². The second-order valence-corrected chi connectivity index (χ2v) is 5.51. The van der Waals surface area contributed by atoms with Crippen molar-refractivity contribution in [1.82, 2.24) is 10.0 Å². The Hall–Kier alpha value is -1.40. The number of carbonyl (C=O) groups is 1. The molecule has 1 amide bonds. The summed E-state index contributed by atoms with van der Waals surface area (Å²) in [7, 11) is -3.22. The topological polar surface area (TPSA) is 75.3 Å². The summed E-state index contributed by atoms with van der Waals surface area (Å²) >= 11 is 0. The van der Waals surface area contributed by atoms with E-state index < -0.39 is 10.0 Å². The Kier molecular flexibility index (Phi) is 5.11. The van der Waals surface area contributed by atoms with Gasteiger partial charge in [0.1, 0.15) is 0 Å². The fraction of sp³-hybridized carbons (Fsp3) is 0.364. The van der Waals surface area contributed by atoms with Gasteiger partial charge in [-0.25, -0.2) is 13.1 Å². The van der Waals surface area contributed by atoms with Gasteiger partial charge in [-0.05, 0) is 5.56 Å². The van der Waals surface area contributed by atoms with Crippen LogP contribution in [0.4, 0.5) is 0 Å². The van der Waals surface area contributed by atoms with Crippen molar-refractivity contribution in [2.75, 3.05) is 12.8 Å². The lowest BCUT2D eigenvalue weighted by molar-refractivity contribution is -0.121. The van der Waals surface area contributed by atoms with Crippen molar-refractivity contribution in [2.45, 2.75) is 13.0 Å². The van der Waals surface area contributed by atoms with Crippen molar-refractivity contribution in [3.8, 4) is 0 Å². The molecule has 17 heavy (non-hydrogen) atoms. The molecule has 0 saturated heterocycles. The highest BCUT2D eigenvalue weighted by Gasteiger charge is 2.04. The maximum atomic E-state index is 11.4. The first kappa shape index (κ1) is 13.7. The lowest BCUT2D eigenvalue weighted by atomic mass is 10.2. The summed E-state index contributed by atoms with van der Waals surface area (Å²) in [4.78, 5) is 11.4. The summed E-state index contributed by atoms with van der Waals surface area (Å²) in [6, 6.07) is 9.52. The Labute approximate surface area is 101 Å². The fourth-order valence-corrected chi connectivity index (χ4v) is 1.71. The van der Waals surface area contributed by atoms with Gasteiger partial charge in [0.2, 0.25) is 15.9 Å². The van der Waals surface area contributed by atoms with E-state index in [4.69, 9.17) is 0 Å². The summed E-state index contributed by atoms with van der Waals surface area (Å²) in [6.07, 6.45) is 1.20. The molecule has 0 aliphatic rings. The van der Waals surface area contributed by atoms with Crippen LogP contribution in [0.15, 0.2) is 30.3 Å². The largest absolute Gasteiger partial charge is 0.352 e. The van der Waals surface area contributed by atoms with E-state index in [9.17, 15) is 13.2 Å². The van der Waals surface area contributed by atoms with Crippen LogP contribution in [0.2, 0.25) is 0 Å². The number of rotatable bonds is 6. The molecule has 0 spiro atoms. The third-order valence-corrected chi connectivity index (χ3v) is 2.78. The van der Waals surface area contributed by atoms with E-state index in [2.05, 4.69) is 10.0 Å². The third-order valence-electron chi connectivity index (χ3n) is 2.05. The summed E-state index contributed by atoms with van der Waals surface area (Å²) in [5.41, 5.74) is 1.01. The number of benzene rings is 1. The second kappa shape index (κ2) is 6.36. The zero-order valence-electron chi connectivity index (χ0n) is 9.64. The van der Waals surface area contributed by atoms with Crippen LogP contribution < -0.4 is 10.0 Å². The summed E-state index contributed by atoms with van der Waals surface area (Å²) in [6.45, 7) is 0.581. The minimum absolute atomic E-state index is 0.124. The van der Waals surface area contributed by atoms with Crippen LogP contribution in [0.5, 0.6) is 0 Å². The SMILES string of the molecule is CS(=O)(=O)NCCC(=O)NCc1ccccc1. The van der Waals surface area contributed by atoms with Gasteiger partial charge in [-0.2, -0.15) is 0 Å². The fourth-order valence-electron chi connectivity index (χ4n) is 1.23. The van der Waals surface area contributed by atoms with Crippen molar-refractivity contribution in [2.24, 2.45) is 0 Å². The van der Waals surface area contributed by atoms with Gasteiger partial charge >= 0.3 is 0 Å². The van der Waals surface area contributed by atoms with Gasteiger partial charge in [-0.3, -0.25) is 4.79 Å². The molecule has 6 heteroatoms. The molecular weight excluding hydrogens is 240 g/mol. The standard InChI is InChI=1S/C11H16N2O3S/c1-17(15,16)13-8-7-11(14)12-9-10-5-3-2-4-6-10/h2-6,13H,7-9H2,1H3,(H,12,14). The zero-order valence-corrected chi connectivity index (χ0v) is 10.5. The van der Waals surface area contributed by atoms with Gasteiger partial charge in [0.15, 0.2) is 0 Å². The van der Waals surface area contributed by atoms with E-state index in [1.54, 1.807) is 0 Å². The van der Waals surface area contributed by atoms with Gasteiger partial charge in [0, 0.05) is 19.5 Å². The van der Waals surface area contributed by atoms with Crippen molar-refractivity contribution >= 4 is 15.9 Å². The Balaban J connectivity index is 2.22. The molecule has 0 unspecified atom stereocenters. The number of sulfonamides is 1. The van der Waals surface area contributed by atoms with E-state index >= 15 is 0 Å². The number of hydrogen-bond acceptors (Lipinski definition) is 3. The first-order valence-corrected chi connectivity index (χ1v) is 7.12. The molecule has 0 aliphatic carbocycles. The molecule has 5 nitrogen and oxygen atoms in total. The molecule has 0 saturated carbocycles. The van der Waals surface area contributed by atoms with E-state index in [-0.39, 0.29) is 18.9 Å². The van der Waals surface area contributed by atoms with Gasteiger partial charge in [0.25, 0.3) is 0 Å². The molecule has 94 valence electrons. The van der Waals surface area contributed by atoms with Gasteiger partial charge in [-0.15, -0.1) is 0 Å². The average molecular weight is 256 g/mol. The molecule has 0 aliphatic heterocycles. The number of carbonyl (C=O) groups excluding carboxylic acids is 1. The Morgan fingerprint density at radius 1 is 1.24 bits per heavy atom. The predicted molar refractivity (Wildman–Crippen MR) is 65.8 cm³/mol. The van der Waals surface area contributed by atoms with E-state index in [0.717, 1.165) is 11.8 Å². The molecule has 0 aromatic heterocycles. The van der Waals surface area contributed by atoms with Crippen LogP contribution in [0.3, 0.4) is 0 Å². The zero-order chi connectivity index (χ0) is 12.7. The quantitative estimate of drug-likeness (QED) is 0.765. The predicted octanol–water partition coefficient (Wildman–Crippen LogP) is 0.242. The molecule has 2 N–H and O–H groups in total. The maximum Gasteiger partial charge on any atom is 0.221 e. The molecule has 0 fully saturated rings. The van der Waals surface area contributed by atoms with Crippen LogP contribution in [0, 0.1) is 0 Å². The Morgan fingerprint density at radius 3 is 2.47 bits per heavy atom.